The minimum Gasteiger partial charge on any atom is -0.414 e. The van der Waals surface area contributed by atoms with Crippen molar-refractivity contribution < 1.29 is 9.22 Å². The summed E-state index contributed by atoms with van der Waals surface area (Å²) in [5.74, 6) is 0.989. The number of carbonyl (C=O) groups excluding carboxylic acids is 1. The monoisotopic (exact) mass is 336 g/mol. The van der Waals surface area contributed by atoms with Gasteiger partial charge in [-0.15, -0.1) is 0 Å². The predicted molar refractivity (Wildman–Crippen MR) is 100 cm³/mol. The molecule has 0 amide bonds. The average molecular weight is 337 g/mol. The molecule has 0 heterocycles. The molecule has 1 unspecified atom stereocenters. The fourth-order valence-electron chi connectivity index (χ4n) is 4.46. The summed E-state index contributed by atoms with van der Waals surface area (Å²) < 4.78 is 6.85. The van der Waals surface area contributed by atoms with Crippen LogP contribution in [0.15, 0.2) is 11.6 Å². The molecular weight excluding hydrogens is 300 g/mol. The van der Waals surface area contributed by atoms with Gasteiger partial charge in [0, 0.05) is 12.5 Å². The lowest BCUT2D eigenvalue weighted by Crippen LogP contribution is -2.49. The zero-order chi connectivity index (χ0) is 17.5. The molecule has 0 saturated heterocycles. The maximum absolute atomic E-state index is 11.0. The molecule has 2 rings (SSSR count). The van der Waals surface area contributed by atoms with Crippen LogP contribution < -0.4 is 0 Å². The third kappa shape index (κ3) is 3.51. The number of fused-ring (bicyclic) bond motifs is 1. The van der Waals surface area contributed by atoms with Crippen molar-refractivity contribution in [2.45, 2.75) is 91.0 Å². The van der Waals surface area contributed by atoms with Gasteiger partial charge >= 0.3 is 0 Å². The van der Waals surface area contributed by atoms with Gasteiger partial charge in [0.05, 0.1) is 0 Å². The van der Waals surface area contributed by atoms with Crippen molar-refractivity contribution in [2.24, 2.45) is 17.3 Å². The fourth-order valence-corrected chi connectivity index (χ4v) is 5.85. The molecule has 0 aromatic carbocycles. The van der Waals surface area contributed by atoms with E-state index in [2.05, 4.69) is 53.8 Å². The van der Waals surface area contributed by atoms with Crippen LogP contribution in [0.1, 0.15) is 66.7 Å². The van der Waals surface area contributed by atoms with Gasteiger partial charge in [-0.3, -0.25) is 0 Å². The Morgan fingerprint density at radius 3 is 2.65 bits per heavy atom. The molecule has 0 aromatic heterocycles. The van der Waals surface area contributed by atoms with Gasteiger partial charge in [0.25, 0.3) is 0 Å². The van der Waals surface area contributed by atoms with E-state index >= 15 is 0 Å². The van der Waals surface area contributed by atoms with Crippen molar-refractivity contribution in [3.8, 4) is 0 Å². The normalized spacial score (nSPS) is 33.1. The highest BCUT2D eigenvalue weighted by Gasteiger charge is 2.51. The second-order valence-corrected chi connectivity index (χ2v) is 14.3. The van der Waals surface area contributed by atoms with Crippen LogP contribution in [0.2, 0.25) is 18.1 Å². The van der Waals surface area contributed by atoms with Gasteiger partial charge in [-0.25, -0.2) is 0 Å². The third-order valence-corrected chi connectivity index (χ3v) is 11.4. The van der Waals surface area contributed by atoms with E-state index in [1.165, 1.54) is 24.8 Å². The predicted octanol–water partition coefficient (Wildman–Crippen LogP) is 5.74. The summed E-state index contributed by atoms with van der Waals surface area (Å²) in [5.41, 5.74) is 1.77. The average Bonchev–Trinajstić information content (AvgIpc) is 2.75. The Kier molecular flexibility index (Phi) is 5.33. The van der Waals surface area contributed by atoms with E-state index in [4.69, 9.17) is 4.43 Å². The van der Waals surface area contributed by atoms with Crippen LogP contribution in [-0.4, -0.2) is 20.7 Å². The number of hydrogen-bond acceptors (Lipinski definition) is 2. The van der Waals surface area contributed by atoms with E-state index in [9.17, 15) is 4.79 Å². The summed E-state index contributed by atoms with van der Waals surface area (Å²) >= 11 is 0. The van der Waals surface area contributed by atoms with Crippen molar-refractivity contribution in [1.29, 1.82) is 0 Å². The maximum Gasteiger partial charge on any atom is 0.192 e. The molecule has 132 valence electrons. The molecule has 3 heteroatoms. The molecule has 0 bridgehead atoms. The third-order valence-electron chi connectivity index (χ3n) is 6.94. The molecule has 0 radical (unpaired) electrons. The van der Waals surface area contributed by atoms with E-state index in [1.807, 2.05) is 0 Å². The second kappa shape index (κ2) is 6.48. The highest BCUT2D eigenvalue weighted by molar-refractivity contribution is 6.74. The first-order valence-electron chi connectivity index (χ1n) is 9.35. The number of aldehydes is 1. The van der Waals surface area contributed by atoms with Gasteiger partial charge < -0.3 is 9.22 Å². The quantitative estimate of drug-likeness (QED) is 0.363. The van der Waals surface area contributed by atoms with E-state index in [0.717, 1.165) is 12.7 Å². The molecule has 0 aromatic rings. The summed E-state index contributed by atoms with van der Waals surface area (Å²) in [5, 5.41) is 0.264. The highest BCUT2D eigenvalue weighted by atomic mass is 28.4. The van der Waals surface area contributed by atoms with Gasteiger partial charge in [-0.2, -0.15) is 0 Å². The van der Waals surface area contributed by atoms with Crippen molar-refractivity contribution in [1.82, 2.24) is 0 Å². The number of allylic oxidation sites excluding steroid dienone is 2. The van der Waals surface area contributed by atoms with E-state index < -0.39 is 8.32 Å². The Hall–Kier alpha value is -0.413. The van der Waals surface area contributed by atoms with Crippen LogP contribution in [0.3, 0.4) is 0 Å². The van der Waals surface area contributed by atoms with Crippen LogP contribution in [0.4, 0.5) is 0 Å². The van der Waals surface area contributed by atoms with Crippen LogP contribution in [0.5, 0.6) is 0 Å². The number of hydrogen-bond donors (Lipinski definition) is 0. The first-order valence-corrected chi connectivity index (χ1v) is 12.3. The van der Waals surface area contributed by atoms with Gasteiger partial charge in [0.15, 0.2) is 8.32 Å². The van der Waals surface area contributed by atoms with Crippen LogP contribution in [-0.2, 0) is 9.22 Å². The lowest BCUT2D eigenvalue weighted by Gasteiger charge is -2.49. The lowest BCUT2D eigenvalue weighted by atomic mass is 9.63. The second-order valence-electron chi connectivity index (χ2n) is 9.53. The van der Waals surface area contributed by atoms with Crippen LogP contribution in [0, 0.1) is 17.3 Å². The summed E-state index contributed by atoms with van der Waals surface area (Å²) in [7, 11) is -1.73. The van der Waals surface area contributed by atoms with Gasteiger partial charge in [0.1, 0.15) is 6.29 Å². The lowest BCUT2D eigenvalue weighted by molar-refractivity contribution is -0.108. The van der Waals surface area contributed by atoms with E-state index in [-0.39, 0.29) is 10.5 Å². The SMILES string of the molecule is C[C@H](CC=O)C1=CC[C@H]2C(O[Si](C)(C)C(C)(C)C)CCC[C@]12C. The molecular formula is C20H36O2Si. The Bertz CT molecular complexity index is 475. The Morgan fingerprint density at radius 2 is 2.09 bits per heavy atom. The first kappa shape index (κ1) is 18.9. The van der Waals surface area contributed by atoms with E-state index in [1.54, 1.807) is 0 Å². The molecule has 0 spiro atoms. The Morgan fingerprint density at radius 1 is 1.43 bits per heavy atom. The highest BCUT2D eigenvalue weighted by Crippen LogP contribution is 2.56. The molecule has 1 saturated carbocycles. The van der Waals surface area contributed by atoms with E-state index in [0.29, 0.717) is 24.4 Å². The zero-order valence-corrected chi connectivity index (χ0v) is 17.2. The maximum atomic E-state index is 11.0. The van der Waals surface area contributed by atoms with Gasteiger partial charge in [0.2, 0.25) is 0 Å². The van der Waals surface area contributed by atoms with Crippen molar-refractivity contribution in [3.05, 3.63) is 11.6 Å². The zero-order valence-electron chi connectivity index (χ0n) is 16.2. The van der Waals surface area contributed by atoms with Gasteiger partial charge in [-0.05, 0) is 54.6 Å². The van der Waals surface area contributed by atoms with Gasteiger partial charge in [-0.1, -0.05) is 52.7 Å². The summed E-state index contributed by atoms with van der Waals surface area (Å²) in [4.78, 5) is 11.0. The fraction of sp³-hybridized carbons (Fsp3) is 0.850. The minimum atomic E-state index is -1.73. The van der Waals surface area contributed by atoms with Crippen LogP contribution >= 0.6 is 0 Å². The first-order chi connectivity index (χ1) is 10.5. The molecule has 4 atom stereocenters. The molecule has 2 aliphatic rings. The molecule has 23 heavy (non-hydrogen) atoms. The smallest absolute Gasteiger partial charge is 0.192 e. The topological polar surface area (TPSA) is 26.3 Å². The molecule has 0 aliphatic heterocycles. The van der Waals surface area contributed by atoms with Crippen molar-refractivity contribution >= 4 is 14.6 Å². The molecule has 2 nitrogen and oxygen atoms in total. The Labute approximate surface area is 144 Å². The summed E-state index contributed by atoms with van der Waals surface area (Å²) in [6.45, 7) is 16.4. The number of carbonyl (C=O) groups is 1. The Balaban J connectivity index is 2.18. The van der Waals surface area contributed by atoms with Crippen molar-refractivity contribution in [2.75, 3.05) is 0 Å². The molecule has 2 aliphatic carbocycles. The molecule has 1 fully saturated rings. The van der Waals surface area contributed by atoms with Crippen LogP contribution in [0.25, 0.3) is 0 Å². The number of rotatable bonds is 5. The summed E-state index contributed by atoms with van der Waals surface area (Å²) in [6.07, 6.45) is 9.40. The largest absolute Gasteiger partial charge is 0.414 e. The standard InChI is InChI=1S/C20H36O2Si/c1-15(12-14-21)16-10-11-17-18(9-8-13-20(16,17)5)22-23(6,7)19(2,3)4/h10,14-15,17-18H,8-9,11-13H2,1-7H3/t15-,17+,18?,20-/m1/s1. The minimum absolute atomic E-state index is 0.244. The molecule has 0 N–H and O–H groups in total. The summed E-state index contributed by atoms with van der Waals surface area (Å²) in [6, 6.07) is 0. The van der Waals surface area contributed by atoms with Crippen molar-refractivity contribution in [3.63, 3.8) is 0 Å².